The number of carbonyl (C=O) groups is 1. The summed E-state index contributed by atoms with van der Waals surface area (Å²) >= 11 is 0.732. The number of thiophene rings is 1. The first-order chi connectivity index (χ1) is 11.4. The van der Waals surface area contributed by atoms with Crippen LogP contribution in [-0.2, 0) is 0 Å². The summed E-state index contributed by atoms with van der Waals surface area (Å²) in [6.07, 6.45) is 1.30. The SMILES string of the molecule is CCC(CC)Oc1ccc(-c2cc(F)c(C(=O)O)s2)cc1[N+](=O)[O-]. The molecule has 0 aliphatic rings. The van der Waals surface area contributed by atoms with Gasteiger partial charge in [0.25, 0.3) is 0 Å². The van der Waals surface area contributed by atoms with Crippen LogP contribution >= 0.6 is 11.3 Å². The van der Waals surface area contributed by atoms with Crippen molar-refractivity contribution in [2.45, 2.75) is 32.8 Å². The van der Waals surface area contributed by atoms with Gasteiger partial charge in [0.2, 0.25) is 0 Å². The average molecular weight is 353 g/mol. The maximum Gasteiger partial charge on any atom is 0.348 e. The Morgan fingerprint density at radius 3 is 2.54 bits per heavy atom. The summed E-state index contributed by atoms with van der Waals surface area (Å²) in [5.41, 5.74) is 0.139. The highest BCUT2D eigenvalue weighted by Crippen LogP contribution is 2.37. The summed E-state index contributed by atoms with van der Waals surface area (Å²) in [4.78, 5) is 21.5. The molecule has 24 heavy (non-hydrogen) atoms. The van der Waals surface area contributed by atoms with Gasteiger partial charge in [-0.2, -0.15) is 0 Å². The lowest BCUT2D eigenvalue weighted by Gasteiger charge is -2.15. The maximum absolute atomic E-state index is 13.6. The van der Waals surface area contributed by atoms with Crippen LogP contribution in [0.3, 0.4) is 0 Å². The van der Waals surface area contributed by atoms with Crippen LogP contribution in [0.2, 0.25) is 0 Å². The third-order valence-corrected chi connectivity index (χ3v) is 4.67. The molecule has 2 rings (SSSR count). The van der Waals surface area contributed by atoms with Gasteiger partial charge in [-0.25, -0.2) is 9.18 Å². The number of hydrogen-bond donors (Lipinski definition) is 1. The minimum absolute atomic E-state index is 0.132. The van der Waals surface area contributed by atoms with Crippen LogP contribution < -0.4 is 4.74 Å². The molecular formula is C16H16FNO5S. The number of nitro benzene ring substituents is 1. The summed E-state index contributed by atoms with van der Waals surface area (Å²) < 4.78 is 19.3. The second kappa shape index (κ2) is 7.39. The fourth-order valence-corrected chi connectivity index (χ4v) is 3.08. The summed E-state index contributed by atoms with van der Waals surface area (Å²) in [5, 5.41) is 20.2. The Morgan fingerprint density at radius 2 is 2.04 bits per heavy atom. The van der Waals surface area contributed by atoms with Gasteiger partial charge >= 0.3 is 11.7 Å². The molecule has 0 aliphatic heterocycles. The van der Waals surface area contributed by atoms with Crippen molar-refractivity contribution in [3.63, 3.8) is 0 Å². The molecule has 6 nitrogen and oxygen atoms in total. The van der Waals surface area contributed by atoms with E-state index in [1.54, 1.807) is 6.07 Å². The van der Waals surface area contributed by atoms with Gasteiger partial charge in [-0.1, -0.05) is 13.8 Å². The van der Waals surface area contributed by atoms with Crippen molar-refractivity contribution in [3.8, 4) is 16.2 Å². The number of nitrogens with zero attached hydrogens (tertiary/aromatic N) is 1. The lowest BCUT2D eigenvalue weighted by molar-refractivity contribution is -0.386. The molecular weight excluding hydrogens is 337 g/mol. The predicted molar refractivity (Wildman–Crippen MR) is 88.3 cm³/mol. The number of rotatable bonds is 7. The summed E-state index contributed by atoms with van der Waals surface area (Å²) in [5.74, 6) is -2.08. The molecule has 1 aromatic carbocycles. The van der Waals surface area contributed by atoms with Gasteiger partial charge in [0.05, 0.1) is 11.0 Å². The molecule has 0 unspecified atom stereocenters. The highest BCUT2D eigenvalue weighted by Gasteiger charge is 2.21. The zero-order chi connectivity index (χ0) is 17.9. The van der Waals surface area contributed by atoms with Crippen molar-refractivity contribution in [1.29, 1.82) is 0 Å². The molecule has 8 heteroatoms. The van der Waals surface area contributed by atoms with Crippen molar-refractivity contribution < 1.29 is 24.0 Å². The number of benzene rings is 1. The minimum atomic E-state index is -1.37. The molecule has 0 amide bonds. The zero-order valence-corrected chi connectivity index (χ0v) is 13.9. The quantitative estimate of drug-likeness (QED) is 0.574. The molecule has 0 fully saturated rings. The largest absolute Gasteiger partial charge is 0.484 e. The molecule has 1 aromatic heterocycles. The Bertz CT molecular complexity index is 770. The van der Waals surface area contributed by atoms with Crippen LogP contribution in [0.15, 0.2) is 24.3 Å². The first-order valence-electron chi connectivity index (χ1n) is 7.35. The first-order valence-corrected chi connectivity index (χ1v) is 8.17. The van der Waals surface area contributed by atoms with Crippen LogP contribution in [0.5, 0.6) is 5.75 Å². The third kappa shape index (κ3) is 3.70. The van der Waals surface area contributed by atoms with E-state index in [1.165, 1.54) is 12.1 Å². The van der Waals surface area contributed by atoms with Crippen molar-refractivity contribution in [2.75, 3.05) is 0 Å². The number of carboxylic acid groups (broad SMARTS) is 1. The van der Waals surface area contributed by atoms with E-state index in [4.69, 9.17) is 9.84 Å². The summed E-state index contributed by atoms with van der Waals surface area (Å²) in [6, 6.07) is 5.36. The molecule has 2 aromatic rings. The Morgan fingerprint density at radius 1 is 1.38 bits per heavy atom. The Labute approximate surface area is 141 Å². The van der Waals surface area contributed by atoms with E-state index in [0.29, 0.717) is 23.3 Å². The summed E-state index contributed by atoms with van der Waals surface area (Å²) in [6.45, 7) is 3.85. The molecule has 0 saturated carbocycles. The minimum Gasteiger partial charge on any atom is -0.484 e. The summed E-state index contributed by atoms with van der Waals surface area (Å²) in [7, 11) is 0. The van der Waals surface area contributed by atoms with Gasteiger partial charge in [-0.15, -0.1) is 11.3 Å². The van der Waals surface area contributed by atoms with Gasteiger partial charge in [0.15, 0.2) is 5.75 Å². The number of nitro groups is 1. The lowest BCUT2D eigenvalue weighted by Crippen LogP contribution is -2.14. The molecule has 0 aliphatic carbocycles. The van der Waals surface area contributed by atoms with Gasteiger partial charge in [-0.05, 0) is 36.6 Å². The Balaban J connectivity index is 2.43. The Kier molecular flexibility index (Phi) is 5.50. The lowest BCUT2D eigenvalue weighted by atomic mass is 10.1. The van der Waals surface area contributed by atoms with E-state index in [2.05, 4.69) is 0 Å². The van der Waals surface area contributed by atoms with Crippen LogP contribution in [0, 0.1) is 15.9 Å². The van der Waals surface area contributed by atoms with Crippen LogP contribution in [0.25, 0.3) is 10.4 Å². The topological polar surface area (TPSA) is 89.7 Å². The smallest absolute Gasteiger partial charge is 0.348 e. The number of hydrogen-bond acceptors (Lipinski definition) is 5. The second-order valence-electron chi connectivity index (χ2n) is 5.09. The van der Waals surface area contributed by atoms with Crippen molar-refractivity contribution in [2.24, 2.45) is 0 Å². The fraction of sp³-hybridized carbons (Fsp3) is 0.312. The van der Waals surface area contributed by atoms with Crippen LogP contribution in [0.4, 0.5) is 10.1 Å². The monoisotopic (exact) mass is 353 g/mol. The van der Waals surface area contributed by atoms with E-state index in [-0.39, 0.29) is 17.5 Å². The number of aromatic carboxylic acids is 1. The van der Waals surface area contributed by atoms with Gasteiger partial charge in [-0.3, -0.25) is 10.1 Å². The van der Waals surface area contributed by atoms with Crippen molar-refractivity contribution in [3.05, 3.63) is 45.1 Å². The highest BCUT2D eigenvalue weighted by atomic mass is 32.1. The standard InChI is InChI=1S/C16H16FNO5S/c1-3-10(4-2)23-13-6-5-9(7-12(13)18(21)22)14-8-11(17)15(24-14)16(19)20/h5-8,10H,3-4H2,1-2H3,(H,19,20). The van der Waals surface area contributed by atoms with Gasteiger partial charge in [0.1, 0.15) is 10.7 Å². The second-order valence-corrected chi connectivity index (χ2v) is 6.14. The van der Waals surface area contributed by atoms with E-state index in [0.717, 1.165) is 17.4 Å². The maximum atomic E-state index is 13.6. The van der Waals surface area contributed by atoms with Gasteiger partial charge in [0, 0.05) is 10.9 Å². The molecule has 0 atom stereocenters. The zero-order valence-electron chi connectivity index (χ0n) is 13.1. The van der Waals surface area contributed by atoms with Gasteiger partial charge < -0.3 is 9.84 Å². The van der Waals surface area contributed by atoms with E-state index < -0.39 is 21.6 Å². The molecule has 0 bridgehead atoms. The van der Waals surface area contributed by atoms with Crippen molar-refractivity contribution in [1.82, 2.24) is 0 Å². The van der Waals surface area contributed by atoms with Crippen LogP contribution in [-0.4, -0.2) is 22.1 Å². The number of halogens is 1. The van der Waals surface area contributed by atoms with Crippen molar-refractivity contribution >= 4 is 23.0 Å². The molecule has 1 N–H and O–H groups in total. The number of carboxylic acids is 1. The van der Waals surface area contributed by atoms with E-state index >= 15 is 0 Å². The first kappa shape index (κ1) is 17.9. The van der Waals surface area contributed by atoms with E-state index in [1.807, 2.05) is 13.8 Å². The normalized spacial score (nSPS) is 10.8. The van der Waals surface area contributed by atoms with Crippen LogP contribution in [0.1, 0.15) is 36.4 Å². The molecule has 0 spiro atoms. The average Bonchev–Trinajstić information content (AvgIpc) is 2.94. The predicted octanol–water partition coefficient (Wildman–Crippen LogP) is 4.73. The number of ether oxygens (including phenoxy) is 1. The molecule has 128 valence electrons. The molecule has 0 radical (unpaired) electrons. The third-order valence-electron chi connectivity index (χ3n) is 3.53. The molecule has 0 saturated heterocycles. The van der Waals surface area contributed by atoms with E-state index in [9.17, 15) is 19.3 Å². The fourth-order valence-electron chi connectivity index (χ4n) is 2.20. The molecule has 1 heterocycles. The Hall–Kier alpha value is -2.48. The highest BCUT2D eigenvalue weighted by molar-refractivity contribution is 7.17.